The van der Waals surface area contributed by atoms with E-state index in [1.165, 1.54) is 0 Å². The number of hydrogen-bond donors (Lipinski definition) is 2. The zero-order valence-corrected chi connectivity index (χ0v) is 17.5. The Labute approximate surface area is 181 Å². The van der Waals surface area contributed by atoms with Gasteiger partial charge in [-0.2, -0.15) is 5.10 Å². The summed E-state index contributed by atoms with van der Waals surface area (Å²) in [6.07, 6.45) is 4.19. The molecule has 2 aromatic carbocycles. The van der Waals surface area contributed by atoms with E-state index in [4.69, 9.17) is 16.7 Å². The molecule has 0 aliphatic carbocycles. The van der Waals surface area contributed by atoms with Crippen molar-refractivity contribution >= 4 is 29.9 Å². The van der Waals surface area contributed by atoms with Crippen LogP contribution in [0.4, 0.5) is 0 Å². The Hall–Kier alpha value is -2.34. The van der Waals surface area contributed by atoms with Crippen LogP contribution in [0.25, 0.3) is 16.9 Å². The van der Waals surface area contributed by atoms with Crippen molar-refractivity contribution in [2.45, 2.75) is 25.3 Å². The van der Waals surface area contributed by atoms with Gasteiger partial charge in [-0.15, -0.1) is 12.4 Å². The molecule has 1 aliphatic rings. The van der Waals surface area contributed by atoms with E-state index in [-0.39, 0.29) is 24.4 Å². The third-order valence-electron chi connectivity index (χ3n) is 4.98. The minimum absolute atomic E-state index is 0. The number of carbonyl (C=O) groups is 1. The second kappa shape index (κ2) is 9.92. The van der Waals surface area contributed by atoms with Gasteiger partial charge < -0.3 is 10.6 Å². The molecule has 1 fully saturated rings. The van der Waals surface area contributed by atoms with Crippen LogP contribution in [0.3, 0.4) is 0 Å². The van der Waals surface area contributed by atoms with Crippen LogP contribution in [0.15, 0.2) is 60.8 Å². The van der Waals surface area contributed by atoms with Crippen LogP contribution in [-0.2, 0) is 11.2 Å². The minimum Gasteiger partial charge on any atom is -0.353 e. The van der Waals surface area contributed by atoms with E-state index in [0.29, 0.717) is 11.4 Å². The summed E-state index contributed by atoms with van der Waals surface area (Å²) in [4.78, 5) is 12.7. The van der Waals surface area contributed by atoms with Crippen molar-refractivity contribution in [3.8, 4) is 16.9 Å². The Morgan fingerprint density at radius 2 is 1.79 bits per heavy atom. The number of piperidine rings is 1. The van der Waals surface area contributed by atoms with Crippen molar-refractivity contribution < 1.29 is 4.79 Å². The van der Waals surface area contributed by atoms with Gasteiger partial charge in [-0.1, -0.05) is 41.9 Å². The summed E-state index contributed by atoms with van der Waals surface area (Å²) >= 11 is 6.04. The molecule has 1 aliphatic heterocycles. The first-order valence-electron chi connectivity index (χ1n) is 9.59. The van der Waals surface area contributed by atoms with Gasteiger partial charge >= 0.3 is 0 Å². The van der Waals surface area contributed by atoms with Crippen molar-refractivity contribution in [3.63, 3.8) is 0 Å². The van der Waals surface area contributed by atoms with E-state index in [0.717, 1.165) is 48.4 Å². The standard InChI is InChI=1S/C22H23ClN4O.ClH/c23-18-8-6-16(7-9-18)22-17(14-21(28)25-19-10-12-24-13-11-19)15-27(26-22)20-4-2-1-3-5-20;/h1-9,15,19,24H,10-14H2,(H,25,28);1H. The predicted octanol–water partition coefficient (Wildman–Crippen LogP) is 4.03. The Balaban J connectivity index is 0.00000240. The molecule has 0 unspecified atom stereocenters. The van der Waals surface area contributed by atoms with Gasteiger partial charge in [0.1, 0.15) is 0 Å². The highest BCUT2D eigenvalue weighted by Crippen LogP contribution is 2.25. The number of carbonyl (C=O) groups excluding carboxylic acids is 1. The third kappa shape index (κ3) is 5.38. The Kier molecular flexibility index (Phi) is 7.31. The molecular formula is C22H24Cl2N4O. The molecule has 0 saturated carbocycles. The molecule has 1 amide bonds. The molecule has 1 aromatic heterocycles. The molecule has 0 spiro atoms. The summed E-state index contributed by atoms with van der Waals surface area (Å²) in [5, 5.41) is 11.9. The van der Waals surface area contributed by atoms with Gasteiger partial charge in [0.25, 0.3) is 0 Å². The summed E-state index contributed by atoms with van der Waals surface area (Å²) < 4.78 is 1.83. The number of benzene rings is 2. The lowest BCUT2D eigenvalue weighted by Crippen LogP contribution is -2.43. The highest BCUT2D eigenvalue weighted by atomic mass is 35.5. The second-order valence-electron chi connectivity index (χ2n) is 7.06. The Morgan fingerprint density at radius 3 is 2.48 bits per heavy atom. The van der Waals surface area contributed by atoms with Crippen molar-refractivity contribution in [1.29, 1.82) is 0 Å². The average Bonchev–Trinajstić information content (AvgIpc) is 3.13. The highest BCUT2D eigenvalue weighted by Gasteiger charge is 2.19. The molecule has 0 radical (unpaired) electrons. The maximum Gasteiger partial charge on any atom is 0.224 e. The number of amides is 1. The second-order valence-corrected chi connectivity index (χ2v) is 7.49. The zero-order chi connectivity index (χ0) is 19.3. The van der Waals surface area contributed by atoms with E-state index < -0.39 is 0 Å². The van der Waals surface area contributed by atoms with Gasteiger partial charge in [-0.3, -0.25) is 4.79 Å². The van der Waals surface area contributed by atoms with Crippen molar-refractivity contribution in [2.75, 3.05) is 13.1 Å². The zero-order valence-electron chi connectivity index (χ0n) is 16.0. The van der Waals surface area contributed by atoms with Crippen molar-refractivity contribution in [1.82, 2.24) is 20.4 Å². The van der Waals surface area contributed by atoms with Gasteiger partial charge in [0.05, 0.1) is 17.8 Å². The van der Waals surface area contributed by atoms with Crippen LogP contribution < -0.4 is 10.6 Å². The van der Waals surface area contributed by atoms with Gasteiger partial charge in [0.15, 0.2) is 0 Å². The van der Waals surface area contributed by atoms with Gasteiger partial charge in [0, 0.05) is 28.4 Å². The van der Waals surface area contributed by atoms with Gasteiger partial charge in [-0.05, 0) is 50.2 Å². The van der Waals surface area contributed by atoms with Crippen LogP contribution >= 0.6 is 24.0 Å². The molecule has 2 heterocycles. The fourth-order valence-corrected chi connectivity index (χ4v) is 3.65. The number of para-hydroxylation sites is 1. The van der Waals surface area contributed by atoms with Gasteiger partial charge in [-0.25, -0.2) is 4.68 Å². The van der Waals surface area contributed by atoms with Gasteiger partial charge in [0.2, 0.25) is 5.91 Å². The summed E-state index contributed by atoms with van der Waals surface area (Å²) in [5.41, 5.74) is 3.62. The first kappa shape index (κ1) is 21.4. The van der Waals surface area contributed by atoms with Crippen LogP contribution in [0.1, 0.15) is 18.4 Å². The van der Waals surface area contributed by atoms with E-state index in [2.05, 4.69) is 10.6 Å². The van der Waals surface area contributed by atoms with E-state index in [1.54, 1.807) is 0 Å². The smallest absolute Gasteiger partial charge is 0.224 e. The van der Waals surface area contributed by atoms with E-state index in [9.17, 15) is 4.79 Å². The lowest BCUT2D eigenvalue weighted by atomic mass is 10.0. The summed E-state index contributed by atoms with van der Waals surface area (Å²) in [7, 11) is 0. The van der Waals surface area contributed by atoms with Crippen LogP contribution in [0, 0.1) is 0 Å². The molecule has 7 heteroatoms. The van der Waals surface area contributed by atoms with Crippen molar-refractivity contribution in [3.05, 3.63) is 71.4 Å². The lowest BCUT2D eigenvalue weighted by molar-refractivity contribution is -0.121. The Bertz CT molecular complexity index is 935. The summed E-state index contributed by atoms with van der Waals surface area (Å²) in [5.74, 6) is 0.0368. The first-order chi connectivity index (χ1) is 13.7. The number of aromatic nitrogens is 2. The SMILES string of the molecule is Cl.O=C(Cc1cn(-c2ccccc2)nc1-c1ccc(Cl)cc1)NC1CCNCC1. The van der Waals surface area contributed by atoms with E-state index in [1.807, 2.05) is 65.5 Å². The number of nitrogens with one attached hydrogen (secondary N) is 2. The molecule has 0 atom stereocenters. The molecule has 1 saturated heterocycles. The lowest BCUT2D eigenvalue weighted by Gasteiger charge is -2.23. The van der Waals surface area contributed by atoms with Crippen molar-refractivity contribution in [2.24, 2.45) is 0 Å². The topological polar surface area (TPSA) is 59.0 Å². The van der Waals surface area contributed by atoms with E-state index >= 15 is 0 Å². The Morgan fingerprint density at radius 1 is 1.10 bits per heavy atom. The molecular weight excluding hydrogens is 407 g/mol. The van der Waals surface area contributed by atoms with Crippen LogP contribution in [0.2, 0.25) is 5.02 Å². The maximum absolute atomic E-state index is 12.7. The molecule has 29 heavy (non-hydrogen) atoms. The molecule has 3 aromatic rings. The van der Waals surface area contributed by atoms with Crippen LogP contribution in [-0.4, -0.2) is 34.8 Å². The monoisotopic (exact) mass is 430 g/mol. The first-order valence-corrected chi connectivity index (χ1v) is 9.97. The quantitative estimate of drug-likeness (QED) is 0.642. The molecule has 152 valence electrons. The maximum atomic E-state index is 12.7. The molecule has 5 nitrogen and oxygen atoms in total. The fourth-order valence-electron chi connectivity index (χ4n) is 3.52. The number of nitrogens with zero attached hydrogens (tertiary/aromatic N) is 2. The number of halogens is 2. The largest absolute Gasteiger partial charge is 0.353 e. The number of rotatable bonds is 5. The summed E-state index contributed by atoms with van der Waals surface area (Å²) in [6, 6.07) is 17.7. The molecule has 0 bridgehead atoms. The average molecular weight is 431 g/mol. The third-order valence-corrected chi connectivity index (χ3v) is 5.24. The number of hydrogen-bond acceptors (Lipinski definition) is 3. The molecule has 2 N–H and O–H groups in total. The fraction of sp³-hybridized carbons (Fsp3) is 0.273. The summed E-state index contributed by atoms with van der Waals surface area (Å²) in [6.45, 7) is 1.90. The van der Waals surface area contributed by atoms with Crippen LogP contribution in [0.5, 0.6) is 0 Å². The minimum atomic E-state index is 0. The predicted molar refractivity (Wildman–Crippen MR) is 119 cm³/mol. The molecule has 4 rings (SSSR count). The highest BCUT2D eigenvalue weighted by molar-refractivity contribution is 6.30. The normalized spacial score (nSPS) is 14.2.